The molecule has 0 aliphatic carbocycles. The van der Waals surface area contributed by atoms with Crippen molar-refractivity contribution in [3.8, 4) is 11.5 Å². The van der Waals surface area contributed by atoms with Gasteiger partial charge in [-0.3, -0.25) is 9.59 Å². The van der Waals surface area contributed by atoms with Crippen molar-refractivity contribution >= 4 is 38.9 Å². The van der Waals surface area contributed by atoms with Gasteiger partial charge in [0.05, 0.1) is 31.2 Å². The number of benzene rings is 2. The second-order valence-electron chi connectivity index (χ2n) is 6.59. The maximum Gasteiger partial charge on any atom is 0.259 e. The number of hydrogen-bond acceptors (Lipinski definition) is 7. The van der Waals surface area contributed by atoms with Crippen molar-refractivity contribution in [2.24, 2.45) is 5.10 Å². The van der Waals surface area contributed by atoms with Crippen molar-refractivity contribution < 1.29 is 28.6 Å². The van der Waals surface area contributed by atoms with E-state index in [1.54, 1.807) is 29.6 Å². The third-order valence-electron chi connectivity index (χ3n) is 4.58. The number of nitrogens with zero attached hydrogens (tertiary/aromatic N) is 1. The zero-order valence-corrected chi connectivity index (χ0v) is 18.3. The molecule has 0 radical (unpaired) electrons. The Morgan fingerprint density at radius 3 is 2.66 bits per heavy atom. The normalized spacial score (nSPS) is 11.3. The van der Waals surface area contributed by atoms with Crippen LogP contribution in [0.2, 0.25) is 0 Å². The number of hydrazone groups is 1. The molecule has 0 aliphatic heterocycles. The van der Waals surface area contributed by atoms with Gasteiger partial charge in [-0.25, -0.2) is 9.82 Å². The highest BCUT2D eigenvalue weighted by Crippen LogP contribution is 2.29. The van der Waals surface area contributed by atoms with E-state index in [-0.39, 0.29) is 25.4 Å². The SMILES string of the molecule is COc1ccc(C(=O)NCC(=O)N/N=C(\CCO)c2csc3c(F)cccc23)cc1OC. The highest BCUT2D eigenvalue weighted by atomic mass is 32.1. The summed E-state index contributed by atoms with van der Waals surface area (Å²) in [4.78, 5) is 24.5. The number of methoxy groups -OCH3 is 2. The van der Waals surface area contributed by atoms with Crippen LogP contribution in [-0.2, 0) is 4.79 Å². The van der Waals surface area contributed by atoms with E-state index < -0.39 is 11.8 Å². The molecule has 0 unspecified atom stereocenters. The van der Waals surface area contributed by atoms with Gasteiger partial charge in [-0.1, -0.05) is 12.1 Å². The molecule has 168 valence electrons. The fourth-order valence-electron chi connectivity index (χ4n) is 3.01. The van der Waals surface area contributed by atoms with Gasteiger partial charge in [0.15, 0.2) is 11.5 Å². The summed E-state index contributed by atoms with van der Waals surface area (Å²) in [5.41, 5.74) is 3.71. The number of aliphatic hydroxyl groups excluding tert-OH is 1. The molecular formula is C22H22FN3O5S. The highest BCUT2D eigenvalue weighted by molar-refractivity contribution is 7.17. The van der Waals surface area contributed by atoms with Crippen LogP contribution in [0.5, 0.6) is 11.5 Å². The summed E-state index contributed by atoms with van der Waals surface area (Å²) < 4.78 is 24.7. The molecule has 3 rings (SSSR count). The first-order valence-electron chi connectivity index (χ1n) is 9.61. The van der Waals surface area contributed by atoms with Crippen molar-refractivity contribution in [1.82, 2.24) is 10.7 Å². The lowest BCUT2D eigenvalue weighted by Gasteiger charge is -2.10. The van der Waals surface area contributed by atoms with Crippen molar-refractivity contribution in [1.29, 1.82) is 0 Å². The van der Waals surface area contributed by atoms with Crippen molar-refractivity contribution in [3.63, 3.8) is 0 Å². The van der Waals surface area contributed by atoms with E-state index in [1.165, 1.54) is 37.7 Å². The summed E-state index contributed by atoms with van der Waals surface area (Å²) in [5.74, 6) is -0.500. The molecule has 0 bridgehead atoms. The first-order chi connectivity index (χ1) is 15.5. The quantitative estimate of drug-likeness (QED) is 0.337. The standard InChI is InChI=1S/C22H22FN3O5S/c1-30-18-7-6-13(10-19(18)31-2)22(29)24-11-20(28)26-25-17(8-9-27)15-12-32-21-14(15)4-3-5-16(21)23/h3-7,10,12,27H,8-9,11H2,1-2H3,(H,24,29)(H,26,28)/b25-17+. The smallest absolute Gasteiger partial charge is 0.259 e. The van der Waals surface area contributed by atoms with Crippen LogP contribution >= 0.6 is 11.3 Å². The van der Waals surface area contributed by atoms with Crippen LogP contribution in [0.3, 0.4) is 0 Å². The van der Waals surface area contributed by atoms with Gasteiger partial charge in [-0.2, -0.15) is 5.10 Å². The molecule has 32 heavy (non-hydrogen) atoms. The van der Waals surface area contributed by atoms with Gasteiger partial charge in [0.1, 0.15) is 5.82 Å². The molecule has 0 saturated carbocycles. The zero-order valence-electron chi connectivity index (χ0n) is 17.5. The van der Waals surface area contributed by atoms with Crippen LogP contribution in [0, 0.1) is 5.82 Å². The molecule has 10 heteroatoms. The zero-order chi connectivity index (χ0) is 23.1. The van der Waals surface area contributed by atoms with Crippen LogP contribution in [0.4, 0.5) is 4.39 Å². The lowest BCUT2D eigenvalue weighted by Crippen LogP contribution is -2.35. The lowest BCUT2D eigenvalue weighted by atomic mass is 10.1. The fraction of sp³-hybridized carbons (Fsp3) is 0.227. The second kappa shape index (κ2) is 10.7. The van der Waals surface area contributed by atoms with E-state index >= 15 is 0 Å². The van der Waals surface area contributed by atoms with E-state index in [4.69, 9.17) is 9.47 Å². The molecule has 2 amide bonds. The highest BCUT2D eigenvalue weighted by Gasteiger charge is 2.15. The topological polar surface area (TPSA) is 109 Å². The predicted octanol–water partition coefficient (Wildman–Crippen LogP) is 2.69. The number of hydrogen-bond donors (Lipinski definition) is 3. The molecule has 2 aromatic carbocycles. The Morgan fingerprint density at radius 1 is 1.16 bits per heavy atom. The van der Waals surface area contributed by atoms with Crippen molar-refractivity contribution in [2.75, 3.05) is 27.4 Å². The minimum absolute atomic E-state index is 0.167. The number of carbonyl (C=O) groups is 2. The maximum absolute atomic E-state index is 14.0. The molecule has 8 nitrogen and oxygen atoms in total. The summed E-state index contributed by atoms with van der Waals surface area (Å²) in [6, 6.07) is 9.36. The van der Waals surface area contributed by atoms with Crippen molar-refractivity contribution in [3.05, 3.63) is 58.7 Å². The Bertz CT molecular complexity index is 1160. The summed E-state index contributed by atoms with van der Waals surface area (Å²) in [5, 5.41) is 18.3. The van der Waals surface area contributed by atoms with Crippen molar-refractivity contribution in [2.45, 2.75) is 6.42 Å². The van der Waals surface area contributed by atoms with Crippen LogP contribution in [0.25, 0.3) is 10.1 Å². The lowest BCUT2D eigenvalue weighted by molar-refractivity contribution is -0.120. The fourth-order valence-corrected chi connectivity index (χ4v) is 4.00. The van der Waals surface area contributed by atoms with Gasteiger partial charge in [0, 0.05) is 34.9 Å². The van der Waals surface area contributed by atoms with Gasteiger partial charge in [-0.15, -0.1) is 11.3 Å². The van der Waals surface area contributed by atoms with Gasteiger partial charge < -0.3 is 19.9 Å². The molecule has 0 saturated heterocycles. The Labute approximate surface area is 187 Å². The Hall–Kier alpha value is -3.50. The molecular weight excluding hydrogens is 437 g/mol. The Morgan fingerprint density at radius 2 is 1.94 bits per heavy atom. The summed E-state index contributed by atoms with van der Waals surface area (Å²) in [6.45, 7) is -0.514. The van der Waals surface area contributed by atoms with Crippen LogP contribution in [0.1, 0.15) is 22.3 Å². The predicted molar refractivity (Wildman–Crippen MR) is 120 cm³/mol. The van der Waals surface area contributed by atoms with E-state index in [0.717, 1.165) is 0 Å². The molecule has 0 aliphatic rings. The number of halogens is 1. The van der Waals surface area contributed by atoms with E-state index in [1.807, 2.05) is 0 Å². The number of nitrogens with one attached hydrogen (secondary N) is 2. The summed E-state index contributed by atoms with van der Waals surface area (Å²) in [6.07, 6.45) is 0.167. The second-order valence-corrected chi connectivity index (χ2v) is 7.47. The molecule has 1 aromatic heterocycles. The number of ether oxygens (including phenoxy) is 2. The first-order valence-corrected chi connectivity index (χ1v) is 10.5. The summed E-state index contributed by atoms with van der Waals surface area (Å²) >= 11 is 1.22. The number of fused-ring (bicyclic) bond motifs is 1. The van der Waals surface area contributed by atoms with E-state index in [0.29, 0.717) is 38.4 Å². The van der Waals surface area contributed by atoms with Gasteiger partial charge >= 0.3 is 0 Å². The summed E-state index contributed by atoms with van der Waals surface area (Å²) in [7, 11) is 2.95. The van der Waals surface area contributed by atoms with Gasteiger partial charge in [0.2, 0.25) is 0 Å². The number of thiophene rings is 1. The molecule has 1 heterocycles. The third kappa shape index (κ3) is 5.21. The Kier molecular flexibility index (Phi) is 7.74. The number of carbonyl (C=O) groups excluding carboxylic acids is 2. The first kappa shape index (κ1) is 23.2. The van der Waals surface area contributed by atoms with Crippen LogP contribution in [0.15, 0.2) is 46.9 Å². The average molecular weight is 459 g/mol. The van der Waals surface area contributed by atoms with Gasteiger partial charge in [0.25, 0.3) is 11.8 Å². The minimum atomic E-state index is -0.556. The van der Waals surface area contributed by atoms with Gasteiger partial charge in [-0.05, 0) is 24.3 Å². The number of amides is 2. The molecule has 3 N–H and O–H groups in total. The number of aliphatic hydroxyl groups is 1. The molecule has 0 fully saturated rings. The molecule has 0 spiro atoms. The largest absolute Gasteiger partial charge is 0.493 e. The third-order valence-corrected chi connectivity index (χ3v) is 5.59. The minimum Gasteiger partial charge on any atom is -0.493 e. The van der Waals surface area contributed by atoms with E-state index in [9.17, 15) is 19.1 Å². The molecule has 3 aromatic rings. The number of rotatable bonds is 9. The molecule has 0 atom stereocenters. The Balaban J connectivity index is 1.66. The maximum atomic E-state index is 14.0. The monoisotopic (exact) mass is 459 g/mol. The van der Waals surface area contributed by atoms with Crippen LogP contribution < -0.4 is 20.2 Å². The van der Waals surface area contributed by atoms with Crippen LogP contribution in [-0.4, -0.2) is 50.0 Å². The van der Waals surface area contributed by atoms with E-state index in [2.05, 4.69) is 15.8 Å². The average Bonchev–Trinajstić information content (AvgIpc) is 3.25.